The number of ether oxygens (including phenoxy) is 1. The van der Waals surface area contributed by atoms with Crippen molar-refractivity contribution in [2.24, 2.45) is 13.0 Å². The average molecular weight is 605 g/mol. The lowest BCUT2D eigenvalue weighted by atomic mass is 9.78. The lowest BCUT2D eigenvalue weighted by molar-refractivity contribution is -0.140. The molecule has 228 valence electrons. The van der Waals surface area contributed by atoms with Crippen LogP contribution in [0, 0.1) is 11.7 Å². The van der Waals surface area contributed by atoms with E-state index in [2.05, 4.69) is 10.4 Å². The number of carboxylic acids is 1. The first-order valence-corrected chi connectivity index (χ1v) is 14.3. The summed E-state index contributed by atoms with van der Waals surface area (Å²) in [5.74, 6) is -3.02. The van der Waals surface area contributed by atoms with Gasteiger partial charge in [0.2, 0.25) is 11.5 Å². The van der Waals surface area contributed by atoms with Crippen molar-refractivity contribution in [1.29, 1.82) is 0 Å². The maximum Gasteiger partial charge on any atom is 0.418 e. The van der Waals surface area contributed by atoms with Crippen LogP contribution in [0.15, 0.2) is 66.5 Å². The third kappa shape index (κ3) is 5.47. The number of aliphatic carboxylic acids is 1. The van der Waals surface area contributed by atoms with Crippen LogP contribution in [0.5, 0.6) is 0 Å². The minimum absolute atomic E-state index is 0.106. The molecule has 2 unspecified atom stereocenters. The van der Waals surface area contributed by atoms with Crippen LogP contribution in [0.1, 0.15) is 48.5 Å². The molecule has 1 aromatic heterocycles. The van der Waals surface area contributed by atoms with Gasteiger partial charge < -0.3 is 15.2 Å². The summed E-state index contributed by atoms with van der Waals surface area (Å²) >= 11 is 0. The summed E-state index contributed by atoms with van der Waals surface area (Å²) in [6, 6.07) is 10.4. The highest BCUT2D eigenvalue weighted by molar-refractivity contribution is 6.06. The van der Waals surface area contributed by atoms with Crippen molar-refractivity contribution < 1.29 is 37.8 Å². The second-order valence-electron chi connectivity index (χ2n) is 11.6. The molecular formula is C32H30F2N4O6. The van der Waals surface area contributed by atoms with E-state index >= 15 is 4.39 Å². The molecule has 3 aliphatic rings. The van der Waals surface area contributed by atoms with E-state index in [1.54, 1.807) is 54.5 Å². The number of nitrogens with zero attached hydrogens (tertiary/aromatic N) is 3. The van der Waals surface area contributed by atoms with E-state index in [9.17, 15) is 28.7 Å². The van der Waals surface area contributed by atoms with Gasteiger partial charge in [0.25, 0.3) is 5.91 Å². The Kier molecular flexibility index (Phi) is 7.52. The second kappa shape index (κ2) is 11.3. The Labute approximate surface area is 251 Å². The minimum atomic E-state index is -1.87. The van der Waals surface area contributed by atoms with Crippen molar-refractivity contribution in [2.45, 2.75) is 49.9 Å². The first kappa shape index (κ1) is 29.2. The van der Waals surface area contributed by atoms with Gasteiger partial charge in [0.05, 0.1) is 6.20 Å². The highest BCUT2D eigenvalue weighted by Gasteiger charge is 2.61. The quantitative estimate of drug-likeness (QED) is 0.384. The van der Waals surface area contributed by atoms with Crippen LogP contribution >= 0.6 is 0 Å². The van der Waals surface area contributed by atoms with Gasteiger partial charge in [-0.2, -0.15) is 5.10 Å². The molecule has 0 radical (unpaired) electrons. The summed E-state index contributed by atoms with van der Waals surface area (Å²) in [7, 11) is 1.76. The predicted octanol–water partition coefficient (Wildman–Crippen LogP) is 4.35. The van der Waals surface area contributed by atoms with Gasteiger partial charge in [0.15, 0.2) is 0 Å². The number of fused-ring (bicyclic) bond motifs is 2. The van der Waals surface area contributed by atoms with E-state index in [4.69, 9.17) is 4.74 Å². The van der Waals surface area contributed by atoms with Gasteiger partial charge in [-0.1, -0.05) is 29.8 Å². The Morgan fingerprint density at radius 1 is 1.18 bits per heavy atom. The minimum Gasteiger partial charge on any atom is -0.478 e. The number of nitrogens with one attached hydrogen (secondary N) is 1. The molecule has 1 aliphatic heterocycles. The maximum absolute atomic E-state index is 15.4. The Bertz CT molecular complexity index is 1690. The number of halogens is 2. The van der Waals surface area contributed by atoms with Crippen molar-refractivity contribution in [3.8, 4) is 11.1 Å². The Hall–Kier alpha value is -4.87. The molecule has 2 aliphatic carbocycles. The maximum atomic E-state index is 15.4. The SMILES string of the molecule is Cn1cc(-c2ccc3c(c2)[C@H](F)C[C@]32OC(=O)N(CC(=O)NC3CC(=CC(=O)O)CCC3Cc3ccc(F)cc3)C2=O)cn1. The smallest absolute Gasteiger partial charge is 0.418 e. The van der Waals surface area contributed by atoms with E-state index in [0.29, 0.717) is 35.3 Å². The number of alkyl halides is 1. The summed E-state index contributed by atoms with van der Waals surface area (Å²) in [6.07, 6.45) is 3.41. The van der Waals surface area contributed by atoms with Gasteiger partial charge in [0.1, 0.15) is 18.5 Å². The molecule has 44 heavy (non-hydrogen) atoms. The normalized spacial score (nSPS) is 25.4. The van der Waals surface area contributed by atoms with Crippen molar-refractivity contribution >= 4 is 23.9 Å². The zero-order valence-electron chi connectivity index (χ0n) is 23.8. The number of imide groups is 1. The number of hydrogen-bond acceptors (Lipinski definition) is 6. The largest absolute Gasteiger partial charge is 0.478 e. The summed E-state index contributed by atoms with van der Waals surface area (Å²) in [5.41, 5.74) is 1.58. The molecule has 0 bridgehead atoms. The molecule has 2 N–H and O–H groups in total. The van der Waals surface area contributed by atoms with Crippen molar-refractivity contribution in [3.05, 3.63) is 89.0 Å². The number of benzene rings is 2. The third-order valence-corrected chi connectivity index (χ3v) is 8.68. The number of amides is 3. The fraction of sp³-hybridized carbons (Fsp3) is 0.344. The average Bonchev–Trinajstić information content (AvgIpc) is 3.61. The number of hydrogen-bond donors (Lipinski definition) is 2. The highest BCUT2D eigenvalue weighted by Crippen LogP contribution is 2.52. The van der Waals surface area contributed by atoms with Crippen LogP contribution in [-0.2, 0) is 38.2 Å². The second-order valence-corrected chi connectivity index (χ2v) is 11.6. The zero-order valence-corrected chi connectivity index (χ0v) is 23.8. The van der Waals surface area contributed by atoms with E-state index < -0.39 is 54.7 Å². The Morgan fingerprint density at radius 3 is 2.66 bits per heavy atom. The van der Waals surface area contributed by atoms with Crippen LogP contribution in [0.2, 0.25) is 0 Å². The van der Waals surface area contributed by atoms with Gasteiger partial charge in [0, 0.05) is 42.9 Å². The van der Waals surface area contributed by atoms with Crippen LogP contribution in [0.4, 0.5) is 13.6 Å². The molecule has 1 spiro atoms. The molecule has 1 saturated carbocycles. The first-order valence-electron chi connectivity index (χ1n) is 14.3. The van der Waals surface area contributed by atoms with E-state index in [1.807, 2.05) is 0 Å². The number of carbonyl (C=O) groups excluding carboxylic acids is 3. The fourth-order valence-electron chi connectivity index (χ4n) is 6.56. The predicted molar refractivity (Wildman–Crippen MR) is 152 cm³/mol. The number of carboxylic acid groups (broad SMARTS) is 1. The molecule has 3 amide bonds. The van der Waals surface area contributed by atoms with E-state index in [0.717, 1.165) is 17.2 Å². The Morgan fingerprint density at radius 2 is 1.95 bits per heavy atom. The third-order valence-electron chi connectivity index (χ3n) is 8.68. The monoisotopic (exact) mass is 604 g/mol. The summed E-state index contributed by atoms with van der Waals surface area (Å²) in [5, 5.41) is 16.3. The molecule has 3 aromatic rings. The molecule has 2 heterocycles. The molecule has 4 atom stereocenters. The molecule has 2 fully saturated rings. The summed E-state index contributed by atoms with van der Waals surface area (Å²) < 4.78 is 35.9. The molecule has 6 rings (SSSR count). The van der Waals surface area contributed by atoms with Crippen molar-refractivity contribution in [2.75, 3.05) is 6.54 Å². The molecule has 12 heteroatoms. The lowest BCUT2D eigenvalue weighted by Crippen LogP contribution is -2.49. The van der Waals surface area contributed by atoms with Crippen LogP contribution in [-0.4, -0.2) is 56.3 Å². The standard InChI is InChI=1S/C32H30F2N4O6/c1-37-16-22(15-35-37)20-6-9-25-24(13-20)26(34)14-32(25)30(42)38(31(43)44-32)17-28(39)36-27-11-19(12-29(40)41)2-5-21(27)10-18-3-7-23(33)8-4-18/h3-4,6-9,12-13,15-16,21,26-27H,2,5,10-11,14,17H2,1H3,(H,36,39)(H,40,41)/t21?,26-,27?,32+/m1/s1. The van der Waals surface area contributed by atoms with E-state index in [1.165, 1.54) is 12.1 Å². The van der Waals surface area contributed by atoms with Gasteiger partial charge in [-0.3, -0.25) is 14.3 Å². The number of rotatable bonds is 7. The number of aromatic nitrogens is 2. The van der Waals surface area contributed by atoms with Crippen LogP contribution < -0.4 is 5.32 Å². The fourth-order valence-corrected chi connectivity index (χ4v) is 6.56. The zero-order chi connectivity index (χ0) is 31.2. The lowest BCUT2D eigenvalue weighted by Gasteiger charge is -2.34. The van der Waals surface area contributed by atoms with Gasteiger partial charge in [-0.25, -0.2) is 23.3 Å². The van der Waals surface area contributed by atoms with Crippen LogP contribution in [0.25, 0.3) is 11.1 Å². The van der Waals surface area contributed by atoms with E-state index in [-0.39, 0.29) is 29.3 Å². The van der Waals surface area contributed by atoms with Gasteiger partial charge >= 0.3 is 12.1 Å². The summed E-state index contributed by atoms with van der Waals surface area (Å²) in [6.45, 7) is -0.642. The molecular weight excluding hydrogens is 574 g/mol. The molecule has 2 aromatic carbocycles. The summed E-state index contributed by atoms with van der Waals surface area (Å²) in [4.78, 5) is 51.9. The molecule has 1 saturated heterocycles. The Balaban J connectivity index is 1.19. The van der Waals surface area contributed by atoms with Crippen molar-refractivity contribution in [3.63, 3.8) is 0 Å². The number of aryl methyl sites for hydroxylation is 1. The van der Waals surface area contributed by atoms with Gasteiger partial charge in [-0.15, -0.1) is 0 Å². The molecule has 10 nitrogen and oxygen atoms in total. The van der Waals surface area contributed by atoms with Crippen LogP contribution in [0.3, 0.4) is 0 Å². The first-order chi connectivity index (χ1) is 21.0. The van der Waals surface area contributed by atoms with Crippen molar-refractivity contribution in [1.82, 2.24) is 20.0 Å². The highest BCUT2D eigenvalue weighted by atomic mass is 19.1. The topological polar surface area (TPSA) is 131 Å². The van der Waals surface area contributed by atoms with Gasteiger partial charge in [-0.05, 0) is 66.5 Å². The number of carbonyl (C=O) groups is 4.